The van der Waals surface area contributed by atoms with Crippen LogP contribution in [-0.4, -0.2) is 6.04 Å². The van der Waals surface area contributed by atoms with Gasteiger partial charge >= 0.3 is 0 Å². The van der Waals surface area contributed by atoms with Gasteiger partial charge in [-0.1, -0.05) is 48.5 Å². The molecule has 2 aliphatic rings. The van der Waals surface area contributed by atoms with E-state index in [0.717, 1.165) is 0 Å². The first-order valence-electron chi connectivity index (χ1n) is 7.27. The molecule has 0 radical (unpaired) electrons. The first kappa shape index (κ1) is 11.2. The molecule has 0 saturated carbocycles. The summed E-state index contributed by atoms with van der Waals surface area (Å²) < 4.78 is 0. The van der Waals surface area contributed by atoms with Crippen molar-refractivity contribution < 1.29 is 0 Å². The van der Waals surface area contributed by atoms with Crippen LogP contribution in [0, 0.1) is 0 Å². The van der Waals surface area contributed by atoms with E-state index < -0.39 is 0 Å². The van der Waals surface area contributed by atoms with Crippen molar-refractivity contribution in [1.82, 2.24) is 5.32 Å². The number of nitrogens with one attached hydrogen (secondary N) is 1. The normalized spacial score (nSPS) is 28.2. The molecule has 1 nitrogen and oxygen atoms in total. The van der Waals surface area contributed by atoms with Crippen LogP contribution in [0.1, 0.15) is 47.6 Å². The lowest BCUT2D eigenvalue weighted by molar-refractivity contribution is 0.354. The van der Waals surface area contributed by atoms with E-state index >= 15 is 0 Å². The van der Waals surface area contributed by atoms with Gasteiger partial charge < -0.3 is 5.32 Å². The molecule has 0 spiro atoms. The molecule has 1 N–H and O–H groups in total. The molecule has 0 fully saturated rings. The summed E-state index contributed by atoms with van der Waals surface area (Å²) >= 11 is 0. The Hall–Kier alpha value is -1.60. The SMILES string of the molecule is C[C@@H]1N[C@H]2CCc3ccccc3[C@H]2c2ccccc21. The maximum Gasteiger partial charge on any atom is 0.0297 e. The lowest BCUT2D eigenvalue weighted by Gasteiger charge is -2.42. The van der Waals surface area contributed by atoms with E-state index in [1.54, 1.807) is 0 Å². The van der Waals surface area contributed by atoms with E-state index in [1.807, 2.05) is 0 Å². The third-order valence-corrected chi connectivity index (χ3v) is 4.78. The highest BCUT2D eigenvalue weighted by Crippen LogP contribution is 2.43. The summed E-state index contributed by atoms with van der Waals surface area (Å²) in [5.41, 5.74) is 6.08. The van der Waals surface area contributed by atoms with Crippen LogP contribution in [0.3, 0.4) is 0 Å². The number of hydrogen-bond donors (Lipinski definition) is 1. The highest BCUT2D eigenvalue weighted by atomic mass is 15.0. The summed E-state index contributed by atoms with van der Waals surface area (Å²) in [5.74, 6) is 0.539. The van der Waals surface area contributed by atoms with Crippen LogP contribution in [0.25, 0.3) is 0 Å². The van der Waals surface area contributed by atoms with Crippen LogP contribution in [0.4, 0.5) is 0 Å². The zero-order chi connectivity index (χ0) is 12.8. The van der Waals surface area contributed by atoms with Gasteiger partial charge in [0, 0.05) is 18.0 Å². The fourth-order valence-corrected chi connectivity index (χ4v) is 3.92. The van der Waals surface area contributed by atoms with E-state index in [4.69, 9.17) is 0 Å². The fraction of sp³-hybridized carbons (Fsp3) is 0.333. The van der Waals surface area contributed by atoms with Crippen LogP contribution < -0.4 is 5.32 Å². The number of fused-ring (bicyclic) bond motifs is 5. The number of benzene rings is 2. The van der Waals surface area contributed by atoms with Crippen LogP contribution >= 0.6 is 0 Å². The molecule has 1 aliphatic carbocycles. The standard InChI is InChI=1S/C18H19N/c1-12-14-7-4-5-9-16(14)18-15-8-3-2-6-13(15)10-11-17(18)19-12/h2-9,12,17-19H,10-11H2,1H3/t12-,17-,18-/m0/s1. The first-order valence-corrected chi connectivity index (χ1v) is 7.27. The van der Waals surface area contributed by atoms with E-state index in [2.05, 4.69) is 60.8 Å². The van der Waals surface area contributed by atoms with Crippen LogP contribution in [0.5, 0.6) is 0 Å². The van der Waals surface area contributed by atoms with Gasteiger partial charge in [0.25, 0.3) is 0 Å². The summed E-state index contributed by atoms with van der Waals surface area (Å²) in [7, 11) is 0. The molecule has 2 aromatic rings. The second-order valence-corrected chi connectivity index (χ2v) is 5.84. The zero-order valence-electron chi connectivity index (χ0n) is 11.3. The molecule has 1 heterocycles. The highest BCUT2D eigenvalue weighted by molar-refractivity contribution is 5.47. The van der Waals surface area contributed by atoms with E-state index in [9.17, 15) is 0 Å². The second kappa shape index (κ2) is 4.21. The van der Waals surface area contributed by atoms with Crippen LogP contribution in [0.15, 0.2) is 48.5 Å². The van der Waals surface area contributed by atoms with Crippen molar-refractivity contribution in [2.24, 2.45) is 0 Å². The minimum Gasteiger partial charge on any atom is -0.306 e. The largest absolute Gasteiger partial charge is 0.306 e. The molecule has 4 rings (SSSR count). The predicted molar refractivity (Wildman–Crippen MR) is 78.4 cm³/mol. The number of rotatable bonds is 0. The molecule has 19 heavy (non-hydrogen) atoms. The Morgan fingerprint density at radius 1 is 0.895 bits per heavy atom. The molecular weight excluding hydrogens is 230 g/mol. The topological polar surface area (TPSA) is 12.0 Å². The van der Waals surface area contributed by atoms with E-state index in [-0.39, 0.29) is 0 Å². The zero-order valence-corrected chi connectivity index (χ0v) is 11.3. The Balaban J connectivity index is 1.92. The molecule has 3 atom stereocenters. The van der Waals surface area contributed by atoms with Crippen molar-refractivity contribution in [2.75, 3.05) is 0 Å². The number of aryl methyl sites for hydroxylation is 1. The van der Waals surface area contributed by atoms with Crippen LogP contribution in [-0.2, 0) is 6.42 Å². The van der Waals surface area contributed by atoms with Crippen molar-refractivity contribution in [3.8, 4) is 0 Å². The molecule has 1 aliphatic heterocycles. The molecule has 2 aromatic carbocycles. The van der Waals surface area contributed by atoms with Gasteiger partial charge in [0.05, 0.1) is 0 Å². The van der Waals surface area contributed by atoms with Gasteiger partial charge in [-0.15, -0.1) is 0 Å². The van der Waals surface area contributed by atoms with Gasteiger partial charge in [-0.05, 0) is 42.0 Å². The van der Waals surface area contributed by atoms with Crippen molar-refractivity contribution in [2.45, 2.75) is 37.8 Å². The van der Waals surface area contributed by atoms with Crippen LogP contribution in [0.2, 0.25) is 0 Å². The van der Waals surface area contributed by atoms with Gasteiger partial charge in [-0.2, -0.15) is 0 Å². The van der Waals surface area contributed by atoms with Crippen molar-refractivity contribution in [3.63, 3.8) is 0 Å². The van der Waals surface area contributed by atoms with Gasteiger partial charge in [-0.25, -0.2) is 0 Å². The number of hydrogen-bond acceptors (Lipinski definition) is 1. The fourth-order valence-electron chi connectivity index (χ4n) is 3.92. The molecular formula is C18H19N. The maximum atomic E-state index is 3.82. The Labute approximate surface area is 114 Å². The predicted octanol–water partition coefficient (Wildman–Crippen LogP) is 3.80. The summed E-state index contributed by atoms with van der Waals surface area (Å²) in [5, 5.41) is 3.82. The van der Waals surface area contributed by atoms with E-state index in [1.165, 1.54) is 35.1 Å². The maximum absolute atomic E-state index is 3.82. The smallest absolute Gasteiger partial charge is 0.0297 e. The van der Waals surface area contributed by atoms with Gasteiger partial charge in [0.15, 0.2) is 0 Å². The van der Waals surface area contributed by atoms with Crippen molar-refractivity contribution in [1.29, 1.82) is 0 Å². The molecule has 0 bridgehead atoms. The third-order valence-electron chi connectivity index (χ3n) is 4.78. The Bertz CT molecular complexity index is 617. The Morgan fingerprint density at radius 2 is 1.58 bits per heavy atom. The minimum absolute atomic E-state index is 0.475. The monoisotopic (exact) mass is 249 g/mol. The quantitative estimate of drug-likeness (QED) is 0.749. The molecule has 1 heteroatoms. The highest BCUT2D eigenvalue weighted by Gasteiger charge is 2.36. The Morgan fingerprint density at radius 3 is 2.42 bits per heavy atom. The summed E-state index contributed by atoms with van der Waals surface area (Å²) in [6.45, 7) is 2.29. The lowest BCUT2D eigenvalue weighted by atomic mass is 9.71. The second-order valence-electron chi connectivity index (χ2n) is 5.84. The third kappa shape index (κ3) is 1.65. The summed E-state index contributed by atoms with van der Waals surface area (Å²) in [6, 6.07) is 19.0. The molecule has 0 saturated heterocycles. The van der Waals surface area contributed by atoms with Gasteiger partial charge in [-0.3, -0.25) is 0 Å². The molecule has 0 unspecified atom stereocenters. The first-order chi connectivity index (χ1) is 9.34. The van der Waals surface area contributed by atoms with E-state index in [0.29, 0.717) is 18.0 Å². The van der Waals surface area contributed by atoms with Gasteiger partial charge in [0.1, 0.15) is 0 Å². The lowest BCUT2D eigenvalue weighted by Crippen LogP contribution is -2.44. The molecule has 96 valence electrons. The van der Waals surface area contributed by atoms with Crippen molar-refractivity contribution in [3.05, 3.63) is 70.8 Å². The molecule has 0 aromatic heterocycles. The minimum atomic E-state index is 0.475. The van der Waals surface area contributed by atoms with Crippen molar-refractivity contribution >= 4 is 0 Å². The summed E-state index contributed by atoms with van der Waals surface area (Å²) in [6.07, 6.45) is 2.46. The Kier molecular flexibility index (Phi) is 2.49. The molecule has 0 amide bonds. The average Bonchev–Trinajstić information content (AvgIpc) is 2.47. The average molecular weight is 249 g/mol. The van der Waals surface area contributed by atoms with Gasteiger partial charge in [0.2, 0.25) is 0 Å². The summed E-state index contributed by atoms with van der Waals surface area (Å²) in [4.78, 5) is 0.